The van der Waals surface area contributed by atoms with E-state index in [0.717, 1.165) is 15.3 Å². The van der Waals surface area contributed by atoms with Gasteiger partial charge in [0, 0.05) is 18.2 Å². The van der Waals surface area contributed by atoms with E-state index in [1.807, 2.05) is 24.3 Å². The number of aromatic nitrogens is 1. The summed E-state index contributed by atoms with van der Waals surface area (Å²) >= 11 is 0. The lowest BCUT2D eigenvalue weighted by atomic mass is 10.1. The second-order valence-corrected chi connectivity index (χ2v) is 10.0. The van der Waals surface area contributed by atoms with E-state index in [-0.39, 0.29) is 25.1 Å². The van der Waals surface area contributed by atoms with Crippen LogP contribution in [0.25, 0.3) is 10.8 Å². The second-order valence-electron chi connectivity index (χ2n) is 10.0. The second kappa shape index (κ2) is 14.7. The van der Waals surface area contributed by atoms with Crippen molar-refractivity contribution in [2.45, 2.75) is 44.7 Å². The summed E-state index contributed by atoms with van der Waals surface area (Å²) in [4.78, 5) is 76.4. The maximum atomic E-state index is 13.3. The molecule has 1 heterocycles. The highest BCUT2D eigenvalue weighted by molar-refractivity contribution is 6.06. The van der Waals surface area contributed by atoms with E-state index >= 15 is 0 Å². The number of aliphatic carboxylic acids is 1. The summed E-state index contributed by atoms with van der Waals surface area (Å²) in [5, 5.41) is 16.3. The van der Waals surface area contributed by atoms with Crippen molar-refractivity contribution < 1.29 is 29.1 Å². The number of nitrogens with zero attached hydrogens (tertiary/aromatic N) is 2. The molecule has 0 aliphatic rings. The molecule has 0 spiro atoms. The van der Waals surface area contributed by atoms with Crippen LogP contribution in [0.15, 0.2) is 65.6 Å². The minimum atomic E-state index is -1.34. The molecule has 0 aliphatic carbocycles. The normalized spacial score (nSPS) is 12.5. The van der Waals surface area contributed by atoms with Crippen LogP contribution in [-0.2, 0) is 19.2 Å². The Morgan fingerprint density at radius 2 is 1.74 bits per heavy atom. The third kappa shape index (κ3) is 8.58. The topological polar surface area (TPSA) is 181 Å². The Balaban J connectivity index is 1.75. The van der Waals surface area contributed by atoms with Crippen LogP contribution in [0.2, 0.25) is 0 Å². The molecule has 0 bridgehead atoms. The lowest BCUT2D eigenvalue weighted by molar-refractivity contribution is -0.140. The van der Waals surface area contributed by atoms with Crippen molar-refractivity contribution in [3.8, 4) is 0 Å². The number of nitrogens with two attached hydrogens (primary N) is 1. The summed E-state index contributed by atoms with van der Waals surface area (Å²) < 4.78 is 1.14. The molecule has 2 atom stereocenters. The van der Waals surface area contributed by atoms with Gasteiger partial charge in [0.15, 0.2) is 5.78 Å². The number of carbonyl (C=O) groups excluding carboxylic acids is 4. The number of carbonyl (C=O) groups is 5. The highest BCUT2D eigenvalue weighted by Gasteiger charge is 2.29. The van der Waals surface area contributed by atoms with Crippen LogP contribution in [0.1, 0.15) is 49.0 Å². The molecular weight excluding hydrogens is 542 g/mol. The number of carboxylic acids is 1. The number of rotatable bonds is 15. The molecule has 12 nitrogen and oxygen atoms in total. The zero-order chi connectivity index (χ0) is 30.8. The van der Waals surface area contributed by atoms with Crippen LogP contribution in [0.3, 0.4) is 0 Å². The van der Waals surface area contributed by atoms with E-state index in [2.05, 4.69) is 10.6 Å². The standard InChI is InChI=1S/C30H35N5O7/c1-3-24(29(41)33-23(17-27(38)39)25(36)18-34(2)14-7-11-26(31)37)35-15-6-10-22(30(35)42)32-28(40)21-13-12-19-8-4-5-9-20(19)16-21/h4-6,8-10,12-13,15-16,23-24H,3,7,11,14,17-18H2,1-2H3,(H2,31,37)(H,32,40)(H,33,41)(H,38,39)/t23-,24?/m0/s1. The zero-order valence-corrected chi connectivity index (χ0v) is 23.5. The van der Waals surface area contributed by atoms with Crippen molar-refractivity contribution in [3.63, 3.8) is 0 Å². The Morgan fingerprint density at radius 3 is 2.40 bits per heavy atom. The molecule has 3 amide bonds. The van der Waals surface area contributed by atoms with Gasteiger partial charge in [-0.25, -0.2) is 0 Å². The number of ketones is 1. The molecule has 2 aromatic carbocycles. The zero-order valence-electron chi connectivity index (χ0n) is 23.5. The number of pyridine rings is 1. The van der Waals surface area contributed by atoms with Gasteiger partial charge in [-0.3, -0.25) is 33.7 Å². The third-order valence-electron chi connectivity index (χ3n) is 6.73. The Hall–Kier alpha value is -4.84. The largest absolute Gasteiger partial charge is 0.481 e. The molecule has 42 heavy (non-hydrogen) atoms. The first-order valence-electron chi connectivity index (χ1n) is 13.5. The minimum Gasteiger partial charge on any atom is -0.481 e. The van der Waals surface area contributed by atoms with Crippen molar-refractivity contribution in [1.29, 1.82) is 0 Å². The Bertz CT molecular complexity index is 1530. The number of hydrogen-bond acceptors (Lipinski definition) is 7. The lowest BCUT2D eigenvalue weighted by Crippen LogP contribution is -2.49. The van der Waals surface area contributed by atoms with Gasteiger partial charge in [-0.1, -0.05) is 37.3 Å². The van der Waals surface area contributed by atoms with Crippen LogP contribution in [0, 0.1) is 0 Å². The van der Waals surface area contributed by atoms with Gasteiger partial charge in [-0.05, 0) is 61.5 Å². The number of nitrogens with one attached hydrogen (secondary N) is 2. The van der Waals surface area contributed by atoms with Gasteiger partial charge in [-0.15, -0.1) is 0 Å². The molecule has 12 heteroatoms. The van der Waals surface area contributed by atoms with Crippen LogP contribution in [0.5, 0.6) is 0 Å². The smallest absolute Gasteiger partial charge is 0.305 e. The van der Waals surface area contributed by atoms with Crippen LogP contribution < -0.4 is 21.9 Å². The molecule has 0 saturated carbocycles. The Morgan fingerprint density at radius 1 is 1.02 bits per heavy atom. The summed E-state index contributed by atoms with van der Waals surface area (Å²) in [7, 11) is 1.63. The van der Waals surface area contributed by atoms with Gasteiger partial charge in [0.1, 0.15) is 11.7 Å². The summed E-state index contributed by atoms with van der Waals surface area (Å²) in [6, 6.07) is 13.2. The molecule has 1 unspecified atom stereocenters. The number of benzene rings is 2. The van der Waals surface area contributed by atoms with Gasteiger partial charge < -0.3 is 26.0 Å². The number of hydrogen-bond donors (Lipinski definition) is 4. The summed E-state index contributed by atoms with van der Waals surface area (Å²) in [6.45, 7) is 1.87. The fourth-order valence-corrected chi connectivity index (χ4v) is 4.55. The van der Waals surface area contributed by atoms with Crippen LogP contribution in [-0.4, -0.2) is 70.2 Å². The van der Waals surface area contributed by atoms with E-state index in [0.29, 0.717) is 18.5 Å². The van der Waals surface area contributed by atoms with Gasteiger partial charge in [0.05, 0.1) is 19.0 Å². The fourth-order valence-electron chi connectivity index (χ4n) is 4.55. The fraction of sp³-hybridized carbons (Fsp3) is 0.333. The first-order chi connectivity index (χ1) is 20.0. The number of primary amides is 1. The van der Waals surface area contributed by atoms with Crippen molar-refractivity contribution >= 4 is 45.9 Å². The van der Waals surface area contributed by atoms with Gasteiger partial charge >= 0.3 is 5.97 Å². The first kappa shape index (κ1) is 31.7. The molecule has 3 rings (SSSR count). The SMILES string of the molecule is CCC(C(=O)N[C@@H](CC(=O)O)C(=O)CN(C)CCCC(N)=O)n1cccc(NC(=O)c2ccc3ccccc3c2)c1=O. The quantitative estimate of drug-likeness (QED) is 0.211. The predicted molar refractivity (Wildman–Crippen MR) is 157 cm³/mol. The van der Waals surface area contributed by atoms with E-state index in [1.54, 1.807) is 37.1 Å². The maximum absolute atomic E-state index is 13.3. The van der Waals surface area contributed by atoms with Gasteiger partial charge in [0.25, 0.3) is 11.5 Å². The van der Waals surface area contributed by atoms with E-state index in [4.69, 9.17) is 5.73 Å². The van der Waals surface area contributed by atoms with E-state index in [1.165, 1.54) is 18.3 Å². The Kier molecular flexibility index (Phi) is 11.1. The van der Waals surface area contributed by atoms with Crippen molar-refractivity contribution in [3.05, 3.63) is 76.7 Å². The van der Waals surface area contributed by atoms with Crippen molar-refractivity contribution in [2.75, 3.05) is 25.5 Å². The van der Waals surface area contributed by atoms with E-state index < -0.39 is 53.5 Å². The number of carboxylic acid groups (broad SMARTS) is 1. The molecular formula is C30H35N5O7. The highest BCUT2D eigenvalue weighted by atomic mass is 16.4. The summed E-state index contributed by atoms with van der Waals surface area (Å²) in [6.07, 6.45) is 1.45. The lowest BCUT2D eigenvalue weighted by Gasteiger charge is -2.24. The van der Waals surface area contributed by atoms with Crippen LogP contribution in [0.4, 0.5) is 5.69 Å². The van der Waals surface area contributed by atoms with Gasteiger partial charge in [-0.2, -0.15) is 0 Å². The monoisotopic (exact) mass is 577 g/mol. The molecule has 222 valence electrons. The summed E-state index contributed by atoms with van der Waals surface area (Å²) in [5.74, 6) is -3.50. The van der Waals surface area contributed by atoms with Crippen LogP contribution >= 0.6 is 0 Å². The molecule has 0 fully saturated rings. The molecule has 0 saturated heterocycles. The number of likely N-dealkylation sites (N-methyl/N-ethyl adjacent to an activating group) is 1. The number of fused-ring (bicyclic) bond motifs is 1. The Labute approximate surface area is 242 Å². The van der Waals surface area contributed by atoms with E-state index in [9.17, 15) is 33.9 Å². The molecule has 3 aromatic rings. The molecule has 0 radical (unpaired) electrons. The highest BCUT2D eigenvalue weighted by Crippen LogP contribution is 2.17. The molecule has 0 aliphatic heterocycles. The minimum absolute atomic E-state index is 0.0438. The average Bonchev–Trinajstić information content (AvgIpc) is 2.94. The summed E-state index contributed by atoms with van der Waals surface area (Å²) in [5.41, 5.74) is 4.80. The number of amides is 3. The van der Waals surface area contributed by atoms with Crippen molar-refractivity contribution in [1.82, 2.24) is 14.8 Å². The molecule has 1 aromatic heterocycles. The molecule has 5 N–H and O–H groups in total. The first-order valence-corrected chi connectivity index (χ1v) is 13.5. The van der Waals surface area contributed by atoms with Crippen molar-refractivity contribution in [2.24, 2.45) is 5.73 Å². The average molecular weight is 578 g/mol. The predicted octanol–water partition coefficient (Wildman–Crippen LogP) is 1.93. The number of anilines is 1. The maximum Gasteiger partial charge on any atom is 0.305 e. The third-order valence-corrected chi connectivity index (χ3v) is 6.73. The van der Waals surface area contributed by atoms with Gasteiger partial charge in [0.2, 0.25) is 11.8 Å². The number of Topliss-reactive ketones (excluding diaryl/α,β-unsaturated/α-hetero) is 1.